The van der Waals surface area contributed by atoms with Crippen LogP contribution in [0.3, 0.4) is 0 Å². The van der Waals surface area contributed by atoms with Gasteiger partial charge in [0, 0.05) is 31.9 Å². The van der Waals surface area contributed by atoms with Gasteiger partial charge in [0.25, 0.3) is 11.6 Å². The fourth-order valence-corrected chi connectivity index (χ4v) is 3.60. The van der Waals surface area contributed by atoms with Crippen LogP contribution in [0, 0.1) is 0 Å². The summed E-state index contributed by atoms with van der Waals surface area (Å²) in [7, 11) is 0. The minimum atomic E-state index is -0.0909. The van der Waals surface area contributed by atoms with Crippen molar-refractivity contribution >= 4 is 17.0 Å². The predicted molar refractivity (Wildman–Crippen MR) is 103 cm³/mol. The third-order valence-electron chi connectivity index (χ3n) is 5.02. The largest absolute Gasteiger partial charge is 0.348 e. The number of hydrogen-bond acceptors (Lipinski definition) is 5. The van der Waals surface area contributed by atoms with Gasteiger partial charge in [0.2, 0.25) is 0 Å². The molecule has 1 amide bonds. The average molecular weight is 364 g/mol. The fourth-order valence-electron chi connectivity index (χ4n) is 3.60. The van der Waals surface area contributed by atoms with Crippen molar-refractivity contribution in [2.75, 3.05) is 13.1 Å². The molecule has 0 radical (unpaired) electrons. The van der Waals surface area contributed by atoms with E-state index in [1.165, 1.54) is 5.56 Å². The SMILES string of the molecule is CC(C)c1noc2ncc(C(=O)NC3CCN(Cc4ccccc4)C3)cc12. The second-order valence-electron chi connectivity index (χ2n) is 7.48. The maximum Gasteiger partial charge on any atom is 0.257 e. The van der Waals surface area contributed by atoms with E-state index < -0.39 is 0 Å². The molecule has 140 valence electrons. The molecule has 3 aromatic rings. The molecule has 2 aromatic heterocycles. The summed E-state index contributed by atoms with van der Waals surface area (Å²) in [6.07, 6.45) is 2.52. The Bertz CT molecular complexity index is 936. The molecule has 1 aromatic carbocycles. The van der Waals surface area contributed by atoms with E-state index in [9.17, 15) is 4.79 Å². The summed E-state index contributed by atoms with van der Waals surface area (Å²) in [5.41, 5.74) is 3.16. The molecule has 0 bridgehead atoms. The van der Waals surface area contributed by atoms with E-state index in [4.69, 9.17) is 4.52 Å². The molecule has 6 heteroatoms. The minimum absolute atomic E-state index is 0.0909. The molecule has 0 spiro atoms. The highest BCUT2D eigenvalue weighted by atomic mass is 16.5. The number of amides is 1. The zero-order chi connectivity index (χ0) is 18.8. The van der Waals surface area contributed by atoms with Crippen molar-refractivity contribution in [2.24, 2.45) is 0 Å². The van der Waals surface area contributed by atoms with Gasteiger partial charge in [-0.15, -0.1) is 0 Å². The normalized spacial score (nSPS) is 17.7. The Balaban J connectivity index is 1.41. The maximum absolute atomic E-state index is 12.7. The number of benzene rings is 1. The van der Waals surface area contributed by atoms with E-state index >= 15 is 0 Å². The van der Waals surface area contributed by atoms with Crippen LogP contribution < -0.4 is 5.32 Å². The molecule has 3 heterocycles. The molecule has 1 aliphatic rings. The van der Waals surface area contributed by atoms with Crippen molar-refractivity contribution in [3.8, 4) is 0 Å². The van der Waals surface area contributed by atoms with Crippen LogP contribution in [0.15, 0.2) is 47.1 Å². The number of carbonyl (C=O) groups is 1. The van der Waals surface area contributed by atoms with Gasteiger partial charge < -0.3 is 9.84 Å². The van der Waals surface area contributed by atoms with Gasteiger partial charge in [0.05, 0.1) is 16.6 Å². The van der Waals surface area contributed by atoms with Crippen molar-refractivity contribution in [1.82, 2.24) is 20.4 Å². The van der Waals surface area contributed by atoms with Crippen molar-refractivity contribution in [1.29, 1.82) is 0 Å². The molecule has 27 heavy (non-hydrogen) atoms. The van der Waals surface area contributed by atoms with E-state index in [0.717, 1.165) is 37.1 Å². The Labute approximate surface area is 158 Å². The molecule has 0 aliphatic carbocycles. The van der Waals surface area contributed by atoms with E-state index in [2.05, 4.69) is 44.6 Å². The lowest BCUT2D eigenvalue weighted by Gasteiger charge is -2.16. The molecular formula is C21H24N4O2. The molecule has 1 saturated heterocycles. The van der Waals surface area contributed by atoms with Crippen LogP contribution in [-0.4, -0.2) is 40.1 Å². The Kier molecular flexibility index (Phi) is 4.90. The van der Waals surface area contributed by atoms with Gasteiger partial charge >= 0.3 is 0 Å². The van der Waals surface area contributed by atoms with E-state index in [-0.39, 0.29) is 17.9 Å². The monoisotopic (exact) mass is 364 g/mol. The van der Waals surface area contributed by atoms with E-state index in [1.807, 2.05) is 26.0 Å². The summed E-state index contributed by atoms with van der Waals surface area (Å²) < 4.78 is 5.25. The van der Waals surface area contributed by atoms with Crippen LogP contribution in [0.25, 0.3) is 11.1 Å². The minimum Gasteiger partial charge on any atom is -0.348 e. The Morgan fingerprint density at radius 3 is 2.93 bits per heavy atom. The van der Waals surface area contributed by atoms with Crippen molar-refractivity contribution < 1.29 is 9.32 Å². The first-order valence-corrected chi connectivity index (χ1v) is 9.42. The molecule has 1 atom stereocenters. The Hall–Kier alpha value is -2.73. The Morgan fingerprint density at radius 2 is 2.15 bits per heavy atom. The lowest BCUT2D eigenvalue weighted by molar-refractivity contribution is 0.0937. The summed E-state index contributed by atoms with van der Waals surface area (Å²) in [6.45, 7) is 6.86. The molecule has 1 N–H and O–H groups in total. The second-order valence-corrected chi connectivity index (χ2v) is 7.48. The van der Waals surface area contributed by atoms with Gasteiger partial charge in [-0.1, -0.05) is 49.3 Å². The number of likely N-dealkylation sites (tertiary alicyclic amines) is 1. The van der Waals surface area contributed by atoms with Gasteiger partial charge in [0.15, 0.2) is 0 Å². The number of nitrogens with one attached hydrogen (secondary N) is 1. The topological polar surface area (TPSA) is 71.3 Å². The smallest absolute Gasteiger partial charge is 0.257 e. The number of carbonyl (C=O) groups excluding carboxylic acids is 1. The lowest BCUT2D eigenvalue weighted by atomic mass is 10.1. The summed E-state index contributed by atoms with van der Waals surface area (Å²) >= 11 is 0. The van der Waals surface area contributed by atoms with Gasteiger partial charge in [-0.2, -0.15) is 0 Å². The highest BCUT2D eigenvalue weighted by Crippen LogP contribution is 2.24. The maximum atomic E-state index is 12.7. The number of hydrogen-bond donors (Lipinski definition) is 1. The van der Waals surface area contributed by atoms with Gasteiger partial charge in [-0.3, -0.25) is 9.69 Å². The summed E-state index contributed by atoms with van der Waals surface area (Å²) in [5, 5.41) is 8.03. The van der Waals surface area contributed by atoms with Crippen molar-refractivity contribution in [2.45, 2.75) is 38.8 Å². The van der Waals surface area contributed by atoms with Crippen molar-refractivity contribution in [3.63, 3.8) is 0 Å². The lowest BCUT2D eigenvalue weighted by Crippen LogP contribution is -2.37. The molecule has 6 nitrogen and oxygen atoms in total. The number of aromatic nitrogens is 2. The summed E-state index contributed by atoms with van der Waals surface area (Å²) in [6, 6.07) is 12.4. The average Bonchev–Trinajstić information content (AvgIpc) is 3.28. The zero-order valence-electron chi connectivity index (χ0n) is 15.7. The highest BCUT2D eigenvalue weighted by Gasteiger charge is 2.25. The molecule has 1 unspecified atom stereocenters. The van der Waals surface area contributed by atoms with Gasteiger partial charge in [-0.25, -0.2) is 4.98 Å². The third kappa shape index (κ3) is 3.85. The summed E-state index contributed by atoms with van der Waals surface area (Å²) in [5.74, 6) is 0.125. The van der Waals surface area contributed by atoms with E-state index in [1.54, 1.807) is 6.20 Å². The number of rotatable bonds is 5. The predicted octanol–water partition coefficient (Wildman–Crippen LogP) is 3.35. The van der Waals surface area contributed by atoms with Gasteiger partial charge in [0.1, 0.15) is 0 Å². The van der Waals surface area contributed by atoms with Crippen LogP contribution >= 0.6 is 0 Å². The Morgan fingerprint density at radius 1 is 1.33 bits per heavy atom. The first kappa shape index (κ1) is 17.7. The summed E-state index contributed by atoms with van der Waals surface area (Å²) in [4.78, 5) is 19.3. The van der Waals surface area contributed by atoms with Crippen LogP contribution in [0.4, 0.5) is 0 Å². The van der Waals surface area contributed by atoms with Crippen LogP contribution in [0.5, 0.6) is 0 Å². The number of nitrogens with zero attached hydrogens (tertiary/aromatic N) is 3. The number of pyridine rings is 1. The van der Waals surface area contributed by atoms with Crippen LogP contribution in [0.2, 0.25) is 0 Å². The molecular weight excluding hydrogens is 340 g/mol. The van der Waals surface area contributed by atoms with Crippen LogP contribution in [-0.2, 0) is 6.54 Å². The molecule has 0 saturated carbocycles. The molecule has 4 rings (SSSR count). The fraction of sp³-hybridized carbons (Fsp3) is 0.381. The first-order chi connectivity index (χ1) is 13.1. The van der Waals surface area contributed by atoms with E-state index in [0.29, 0.717) is 11.3 Å². The van der Waals surface area contributed by atoms with Crippen LogP contribution in [0.1, 0.15) is 47.8 Å². The first-order valence-electron chi connectivity index (χ1n) is 9.42. The number of fused-ring (bicyclic) bond motifs is 1. The second kappa shape index (κ2) is 7.48. The molecule has 1 aliphatic heterocycles. The third-order valence-corrected chi connectivity index (χ3v) is 5.02. The quantitative estimate of drug-likeness (QED) is 0.752. The van der Waals surface area contributed by atoms with Gasteiger partial charge in [-0.05, 0) is 24.0 Å². The highest BCUT2D eigenvalue weighted by molar-refractivity contribution is 5.97. The molecule has 1 fully saturated rings. The standard InChI is InChI=1S/C21H24N4O2/c1-14(2)19-18-10-16(11-22-21(18)27-24-19)20(26)23-17-8-9-25(13-17)12-15-6-4-3-5-7-15/h3-7,10-11,14,17H,8-9,12-13H2,1-2H3,(H,23,26). The van der Waals surface area contributed by atoms with Crippen molar-refractivity contribution in [3.05, 3.63) is 59.4 Å². The zero-order valence-corrected chi connectivity index (χ0v) is 15.7.